The van der Waals surface area contributed by atoms with Gasteiger partial charge in [-0.1, -0.05) is 48.2 Å². The van der Waals surface area contributed by atoms with E-state index in [1.54, 1.807) is 7.11 Å². The summed E-state index contributed by atoms with van der Waals surface area (Å²) in [5, 5.41) is 5.47. The van der Waals surface area contributed by atoms with E-state index in [1.165, 1.54) is 11.8 Å². The molecule has 8 nitrogen and oxygen atoms in total. The second-order valence-electron chi connectivity index (χ2n) is 9.16. The van der Waals surface area contributed by atoms with Gasteiger partial charge in [0.2, 0.25) is 5.91 Å². The average Bonchev–Trinajstić information content (AvgIpc) is 3.28. The Kier molecular flexibility index (Phi) is 8.78. The molecular weight excluding hydrogens is 502 g/mol. The van der Waals surface area contributed by atoms with E-state index in [-0.39, 0.29) is 18.4 Å². The van der Waals surface area contributed by atoms with Crippen LogP contribution in [0.2, 0.25) is 0 Å². The van der Waals surface area contributed by atoms with Gasteiger partial charge < -0.3 is 24.4 Å². The van der Waals surface area contributed by atoms with Crippen molar-refractivity contribution >= 4 is 28.8 Å². The molecule has 2 aliphatic rings. The predicted molar refractivity (Wildman–Crippen MR) is 149 cm³/mol. The molecule has 0 fully saturated rings. The number of ether oxygens (including phenoxy) is 3. The third-order valence-electron chi connectivity index (χ3n) is 6.02. The summed E-state index contributed by atoms with van der Waals surface area (Å²) in [6.45, 7) is 8.25. The van der Waals surface area contributed by atoms with Crippen molar-refractivity contribution in [3.63, 3.8) is 0 Å². The summed E-state index contributed by atoms with van der Waals surface area (Å²) in [5.74, 6) is 0.589. The van der Waals surface area contributed by atoms with Crippen molar-refractivity contribution in [1.82, 2.24) is 10.2 Å². The lowest BCUT2D eigenvalue weighted by atomic mass is 9.93. The Morgan fingerprint density at radius 2 is 1.89 bits per heavy atom. The van der Waals surface area contributed by atoms with E-state index in [4.69, 9.17) is 19.2 Å². The van der Waals surface area contributed by atoms with Crippen LogP contribution in [-0.4, -0.2) is 41.7 Å². The highest BCUT2D eigenvalue weighted by Crippen LogP contribution is 2.46. The minimum Gasteiger partial charge on any atom is -0.493 e. The molecule has 9 heteroatoms. The van der Waals surface area contributed by atoms with Crippen LogP contribution >= 0.6 is 11.8 Å². The molecule has 0 unspecified atom stereocenters. The van der Waals surface area contributed by atoms with Crippen LogP contribution in [0.4, 0.5) is 0 Å². The first-order valence-corrected chi connectivity index (χ1v) is 13.5. The van der Waals surface area contributed by atoms with Crippen molar-refractivity contribution in [3.8, 4) is 11.5 Å². The minimum absolute atomic E-state index is 0.0980. The summed E-state index contributed by atoms with van der Waals surface area (Å²) in [7, 11) is 1.59. The first kappa shape index (κ1) is 27.3. The first-order chi connectivity index (χ1) is 18.3. The zero-order valence-electron chi connectivity index (χ0n) is 22.3. The molecule has 38 heavy (non-hydrogen) atoms. The summed E-state index contributed by atoms with van der Waals surface area (Å²) >= 11 is 1.43. The Labute approximate surface area is 227 Å². The van der Waals surface area contributed by atoms with Gasteiger partial charge in [0.25, 0.3) is 0 Å². The molecule has 0 bridgehead atoms. The number of hydrogen-bond acceptors (Lipinski definition) is 8. The van der Waals surface area contributed by atoms with E-state index in [2.05, 4.69) is 5.32 Å². The maximum atomic E-state index is 13.4. The fourth-order valence-electron chi connectivity index (χ4n) is 4.36. The normalized spacial score (nSPS) is 16.6. The van der Waals surface area contributed by atoms with Crippen molar-refractivity contribution in [2.24, 2.45) is 4.99 Å². The van der Waals surface area contributed by atoms with Crippen LogP contribution in [0.3, 0.4) is 0 Å². The quantitative estimate of drug-likeness (QED) is 0.412. The van der Waals surface area contributed by atoms with E-state index in [1.807, 2.05) is 86.5 Å². The molecule has 2 aromatic rings. The second kappa shape index (κ2) is 12.2. The number of thioether (sulfide) groups is 1. The Bertz CT molecular complexity index is 1290. The second-order valence-corrected chi connectivity index (χ2v) is 10.00. The number of nitrogens with zero attached hydrogens (tertiary/aromatic N) is 2. The fraction of sp³-hybridized carbons (Fsp3) is 0.345. The zero-order valence-corrected chi connectivity index (χ0v) is 23.1. The molecule has 4 rings (SSSR count). The smallest absolute Gasteiger partial charge is 0.338 e. The molecule has 0 spiro atoms. The van der Waals surface area contributed by atoms with Crippen molar-refractivity contribution < 1.29 is 23.8 Å². The summed E-state index contributed by atoms with van der Waals surface area (Å²) < 4.78 is 17.4. The molecule has 200 valence electrons. The zero-order chi connectivity index (χ0) is 27.2. The number of methoxy groups -OCH3 is 1. The largest absolute Gasteiger partial charge is 0.493 e. The van der Waals surface area contributed by atoms with Crippen LogP contribution in [-0.2, 0) is 20.9 Å². The van der Waals surface area contributed by atoms with Crippen LogP contribution in [0.25, 0.3) is 0 Å². The lowest BCUT2D eigenvalue weighted by Crippen LogP contribution is -2.38. The van der Waals surface area contributed by atoms with E-state index in [0.717, 1.165) is 16.8 Å². The van der Waals surface area contributed by atoms with E-state index in [0.29, 0.717) is 41.1 Å². The molecule has 1 atom stereocenters. The topological polar surface area (TPSA) is 89.5 Å². The fourth-order valence-corrected chi connectivity index (χ4v) is 5.32. The van der Waals surface area contributed by atoms with Gasteiger partial charge in [0.15, 0.2) is 16.7 Å². The monoisotopic (exact) mass is 535 g/mol. The number of nitrogens with one attached hydrogen (secondary N) is 1. The van der Waals surface area contributed by atoms with Crippen LogP contribution in [0.5, 0.6) is 11.5 Å². The van der Waals surface area contributed by atoms with E-state index >= 15 is 0 Å². The van der Waals surface area contributed by atoms with Crippen LogP contribution in [0, 0.1) is 0 Å². The molecule has 2 aromatic carbocycles. The number of benzene rings is 2. The van der Waals surface area contributed by atoms with Gasteiger partial charge in [0, 0.05) is 12.2 Å². The maximum Gasteiger partial charge on any atom is 0.338 e. The van der Waals surface area contributed by atoms with Crippen LogP contribution in [0.15, 0.2) is 75.9 Å². The predicted octanol–water partition coefficient (Wildman–Crippen LogP) is 5.33. The molecule has 0 aliphatic carbocycles. The summed E-state index contributed by atoms with van der Waals surface area (Å²) in [6, 6.07) is 15.0. The van der Waals surface area contributed by atoms with Crippen molar-refractivity contribution in [2.75, 3.05) is 13.7 Å². The lowest BCUT2D eigenvalue weighted by Gasteiger charge is -2.36. The Morgan fingerprint density at radius 3 is 2.58 bits per heavy atom. The number of hydrogen-bond donors (Lipinski definition) is 1. The first-order valence-electron chi connectivity index (χ1n) is 12.6. The highest BCUT2D eigenvalue weighted by molar-refractivity contribution is 8.16. The number of rotatable bonds is 10. The Morgan fingerprint density at radius 1 is 1.13 bits per heavy atom. The van der Waals surface area contributed by atoms with E-state index < -0.39 is 12.0 Å². The number of carbonyl (C=O) groups excluding carboxylic acids is 2. The molecule has 0 saturated heterocycles. The highest BCUT2D eigenvalue weighted by atomic mass is 32.2. The van der Waals surface area contributed by atoms with Gasteiger partial charge in [-0.25, -0.2) is 9.79 Å². The minimum atomic E-state index is -0.554. The highest BCUT2D eigenvalue weighted by Gasteiger charge is 2.41. The summed E-state index contributed by atoms with van der Waals surface area (Å²) in [5.41, 5.74) is 3.59. The number of fused-ring (bicyclic) bond motifs is 1. The molecule has 0 aromatic heterocycles. The molecule has 1 N–H and O–H groups in total. The number of amidine groups is 1. The van der Waals surface area contributed by atoms with Crippen LogP contribution in [0.1, 0.15) is 51.3 Å². The molecule has 0 saturated carbocycles. The third-order valence-corrected chi connectivity index (χ3v) is 6.91. The van der Waals surface area contributed by atoms with Crippen molar-refractivity contribution in [1.29, 1.82) is 0 Å². The average molecular weight is 536 g/mol. The molecular formula is C29H33N3O5S. The Balaban J connectivity index is 1.72. The molecule has 1 amide bonds. The van der Waals surface area contributed by atoms with Crippen molar-refractivity contribution in [3.05, 3.63) is 82.0 Å². The van der Waals surface area contributed by atoms with E-state index in [9.17, 15) is 9.59 Å². The summed E-state index contributed by atoms with van der Waals surface area (Å²) in [4.78, 5) is 32.5. The molecule has 0 radical (unpaired) electrons. The number of esters is 1. The van der Waals surface area contributed by atoms with Gasteiger partial charge in [-0.15, -0.1) is 0 Å². The van der Waals surface area contributed by atoms with Crippen molar-refractivity contribution in [2.45, 2.75) is 52.9 Å². The van der Waals surface area contributed by atoms with Gasteiger partial charge in [-0.2, -0.15) is 0 Å². The molecule has 2 aliphatic heterocycles. The standard InChI is InChI=1S/C29H33N3O5S/c1-6-30-25(33)15-22-17-38-29-31-19(4)26(28(34)37-18(2)3)27(32(22)29)21-12-13-23(24(14-21)35-5)36-16-20-10-8-7-9-11-20/h7-14,17-18,27H,6,15-16H2,1-5H3,(H,30,33)/t27-/m1/s1. The van der Waals surface area contributed by atoms with Gasteiger partial charge in [-0.05, 0) is 56.4 Å². The van der Waals surface area contributed by atoms with Gasteiger partial charge >= 0.3 is 5.97 Å². The lowest BCUT2D eigenvalue weighted by molar-refractivity contribution is -0.143. The number of allylic oxidation sites excluding steroid dienone is 1. The van der Waals surface area contributed by atoms with Gasteiger partial charge in [-0.3, -0.25) is 4.79 Å². The number of carbonyl (C=O) groups is 2. The number of amides is 1. The maximum absolute atomic E-state index is 13.4. The van der Waals surface area contributed by atoms with Gasteiger partial charge in [0.1, 0.15) is 6.61 Å². The Hall–Kier alpha value is -3.72. The number of aliphatic imine (C=N–C) groups is 1. The SMILES string of the molecule is CCNC(=O)CC1=CSC2=NC(C)=C(C(=O)OC(C)C)[C@@H](c3ccc(OCc4ccccc4)c(OC)c3)N12. The van der Waals surface area contributed by atoms with Gasteiger partial charge in [0.05, 0.1) is 36.9 Å². The summed E-state index contributed by atoms with van der Waals surface area (Å²) in [6.07, 6.45) is -0.132. The van der Waals surface area contributed by atoms with Crippen LogP contribution < -0.4 is 14.8 Å². The third kappa shape index (κ3) is 6.05. The molecule has 2 heterocycles.